The summed E-state index contributed by atoms with van der Waals surface area (Å²) in [6, 6.07) is 3.74. The van der Waals surface area contributed by atoms with Gasteiger partial charge in [-0.3, -0.25) is 4.79 Å². The second kappa shape index (κ2) is 4.84. The van der Waals surface area contributed by atoms with E-state index in [1.54, 1.807) is 4.90 Å². The van der Waals surface area contributed by atoms with Gasteiger partial charge in [0, 0.05) is 26.8 Å². The molecule has 0 saturated carbocycles. The highest BCUT2D eigenvalue weighted by Gasteiger charge is 2.12. The first-order valence-corrected chi connectivity index (χ1v) is 5.03. The van der Waals surface area contributed by atoms with Gasteiger partial charge in [0.15, 0.2) is 0 Å². The van der Waals surface area contributed by atoms with Crippen molar-refractivity contribution >= 4 is 5.91 Å². The van der Waals surface area contributed by atoms with E-state index in [0.717, 1.165) is 25.1 Å². The van der Waals surface area contributed by atoms with Crippen LogP contribution in [-0.2, 0) is 7.05 Å². The van der Waals surface area contributed by atoms with Gasteiger partial charge in [-0.1, -0.05) is 13.3 Å². The number of carbonyl (C=O) groups excluding carboxylic acids is 1. The Balaban J connectivity index is 2.61. The van der Waals surface area contributed by atoms with Gasteiger partial charge in [-0.05, 0) is 18.6 Å². The Morgan fingerprint density at radius 1 is 1.57 bits per heavy atom. The fraction of sp³-hybridized carbons (Fsp3) is 0.545. The minimum atomic E-state index is 0.103. The summed E-state index contributed by atoms with van der Waals surface area (Å²) in [5.41, 5.74) is 0.753. The third-order valence-corrected chi connectivity index (χ3v) is 2.36. The van der Waals surface area contributed by atoms with Gasteiger partial charge in [0.2, 0.25) is 0 Å². The van der Waals surface area contributed by atoms with Crippen molar-refractivity contribution in [3.8, 4) is 0 Å². The maximum absolute atomic E-state index is 11.8. The van der Waals surface area contributed by atoms with Crippen LogP contribution in [0.4, 0.5) is 0 Å². The summed E-state index contributed by atoms with van der Waals surface area (Å²) < 4.78 is 1.85. The number of nitrogens with zero attached hydrogens (tertiary/aromatic N) is 2. The molecule has 0 aliphatic carbocycles. The average molecular weight is 194 g/mol. The average Bonchev–Trinajstić information content (AvgIpc) is 2.59. The van der Waals surface area contributed by atoms with E-state index in [1.165, 1.54) is 0 Å². The number of rotatable bonds is 4. The normalized spacial score (nSPS) is 10.2. The van der Waals surface area contributed by atoms with Crippen molar-refractivity contribution in [2.45, 2.75) is 19.8 Å². The molecule has 0 saturated heterocycles. The maximum Gasteiger partial charge on any atom is 0.270 e. The Labute approximate surface area is 85.3 Å². The lowest BCUT2D eigenvalue weighted by Crippen LogP contribution is -2.29. The molecule has 0 atom stereocenters. The molecule has 3 nitrogen and oxygen atoms in total. The van der Waals surface area contributed by atoms with Crippen molar-refractivity contribution in [2.24, 2.45) is 7.05 Å². The molecule has 1 aromatic rings. The zero-order chi connectivity index (χ0) is 10.6. The summed E-state index contributed by atoms with van der Waals surface area (Å²) in [5, 5.41) is 0. The molecule has 0 radical (unpaired) electrons. The molecule has 0 spiro atoms. The Kier molecular flexibility index (Phi) is 3.74. The van der Waals surface area contributed by atoms with Crippen molar-refractivity contribution in [2.75, 3.05) is 13.6 Å². The molecule has 0 aliphatic heterocycles. The molecule has 1 heterocycles. The van der Waals surface area contributed by atoms with Gasteiger partial charge in [-0.25, -0.2) is 0 Å². The van der Waals surface area contributed by atoms with E-state index in [4.69, 9.17) is 0 Å². The predicted octanol–water partition coefficient (Wildman–Crippen LogP) is 1.90. The predicted molar refractivity (Wildman–Crippen MR) is 57.3 cm³/mol. The smallest absolute Gasteiger partial charge is 0.270 e. The first kappa shape index (κ1) is 10.8. The van der Waals surface area contributed by atoms with Gasteiger partial charge in [-0.2, -0.15) is 0 Å². The van der Waals surface area contributed by atoms with E-state index in [-0.39, 0.29) is 5.91 Å². The molecular weight excluding hydrogens is 176 g/mol. The Morgan fingerprint density at radius 3 is 2.79 bits per heavy atom. The molecule has 0 bridgehead atoms. The van der Waals surface area contributed by atoms with E-state index in [2.05, 4.69) is 6.92 Å². The van der Waals surface area contributed by atoms with Gasteiger partial charge >= 0.3 is 0 Å². The van der Waals surface area contributed by atoms with E-state index >= 15 is 0 Å². The quantitative estimate of drug-likeness (QED) is 0.718. The van der Waals surface area contributed by atoms with E-state index in [0.29, 0.717) is 0 Å². The van der Waals surface area contributed by atoms with Crippen LogP contribution in [0.2, 0.25) is 0 Å². The van der Waals surface area contributed by atoms with Crippen LogP contribution in [0.1, 0.15) is 30.3 Å². The molecule has 78 valence electrons. The summed E-state index contributed by atoms with van der Waals surface area (Å²) in [6.45, 7) is 2.96. The van der Waals surface area contributed by atoms with Crippen LogP contribution in [0.3, 0.4) is 0 Å². The van der Waals surface area contributed by atoms with Crippen LogP contribution >= 0.6 is 0 Å². The van der Waals surface area contributed by atoms with Gasteiger partial charge < -0.3 is 9.47 Å². The Bertz CT molecular complexity index is 304. The molecule has 0 N–H and O–H groups in total. The second-order valence-electron chi connectivity index (χ2n) is 3.58. The standard InChI is InChI=1S/C11H18N2O/c1-4-5-8-13(3)11(14)10-7-6-9-12(10)2/h6-7,9H,4-5,8H2,1-3H3. The van der Waals surface area contributed by atoms with Gasteiger partial charge in [-0.15, -0.1) is 0 Å². The van der Waals surface area contributed by atoms with Crippen molar-refractivity contribution in [3.05, 3.63) is 24.0 Å². The van der Waals surface area contributed by atoms with E-state index in [1.807, 2.05) is 37.0 Å². The minimum Gasteiger partial charge on any atom is -0.347 e. The van der Waals surface area contributed by atoms with Gasteiger partial charge in [0.25, 0.3) is 5.91 Å². The highest BCUT2D eigenvalue weighted by atomic mass is 16.2. The molecule has 14 heavy (non-hydrogen) atoms. The third-order valence-electron chi connectivity index (χ3n) is 2.36. The summed E-state index contributed by atoms with van der Waals surface area (Å²) >= 11 is 0. The number of unbranched alkanes of at least 4 members (excludes halogenated alkanes) is 1. The highest BCUT2D eigenvalue weighted by Crippen LogP contribution is 2.04. The lowest BCUT2D eigenvalue weighted by molar-refractivity contribution is 0.0784. The molecule has 1 amide bonds. The molecule has 1 aromatic heterocycles. The topological polar surface area (TPSA) is 25.2 Å². The van der Waals surface area contributed by atoms with E-state index < -0.39 is 0 Å². The first-order valence-electron chi connectivity index (χ1n) is 5.03. The molecule has 0 aliphatic rings. The third kappa shape index (κ3) is 2.37. The second-order valence-corrected chi connectivity index (χ2v) is 3.58. The molecule has 0 aromatic carbocycles. The number of amides is 1. The number of aromatic nitrogens is 1. The van der Waals surface area contributed by atoms with Crippen molar-refractivity contribution in [3.63, 3.8) is 0 Å². The van der Waals surface area contributed by atoms with Crippen LogP contribution in [0, 0.1) is 0 Å². The first-order chi connectivity index (χ1) is 6.66. The van der Waals surface area contributed by atoms with Crippen molar-refractivity contribution < 1.29 is 4.79 Å². The van der Waals surface area contributed by atoms with Gasteiger partial charge in [0.1, 0.15) is 5.69 Å². The van der Waals surface area contributed by atoms with Crippen LogP contribution in [0.5, 0.6) is 0 Å². The van der Waals surface area contributed by atoms with Crippen LogP contribution in [-0.4, -0.2) is 29.0 Å². The number of aryl methyl sites for hydroxylation is 1. The van der Waals surface area contributed by atoms with Gasteiger partial charge in [0.05, 0.1) is 0 Å². The number of carbonyl (C=O) groups is 1. The molecule has 0 fully saturated rings. The zero-order valence-electron chi connectivity index (χ0n) is 9.16. The van der Waals surface area contributed by atoms with Crippen LogP contribution < -0.4 is 0 Å². The summed E-state index contributed by atoms with van der Waals surface area (Å²) in [7, 11) is 3.74. The van der Waals surface area contributed by atoms with Crippen molar-refractivity contribution in [1.82, 2.24) is 9.47 Å². The maximum atomic E-state index is 11.8. The summed E-state index contributed by atoms with van der Waals surface area (Å²) in [6.07, 6.45) is 4.07. The Hall–Kier alpha value is -1.25. The SMILES string of the molecule is CCCCN(C)C(=O)c1cccn1C. The molecule has 1 rings (SSSR count). The fourth-order valence-electron chi connectivity index (χ4n) is 1.38. The van der Waals surface area contributed by atoms with Crippen LogP contribution in [0.15, 0.2) is 18.3 Å². The number of hydrogen-bond donors (Lipinski definition) is 0. The molecule has 3 heteroatoms. The van der Waals surface area contributed by atoms with Crippen molar-refractivity contribution in [1.29, 1.82) is 0 Å². The fourth-order valence-corrected chi connectivity index (χ4v) is 1.38. The lowest BCUT2D eigenvalue weighted by Gasteiger charge is -2.16. The largest absolute Gasteiger partial charge is 0.347 e. The molecular formula is C11H18N2O. The number of hydrogen-bond acceptors (Lipinski definition) is 1. The van der Waals surface area contributed by atoms with Crippen LogP contribution in [0.25, 0.3) is 0 Å². The zero-order valence-corrected chi connectivity index (χ0v) is 9.16. The summed E-state index contributed by atoms with van der Waals surface area (Å²) in [5.74, 6) is 0.103. The Morgan fingerprint density at radius 2 is 2.29 bits per heavy atom. The monoisotopic (exact) mass is 194 g/mol. The molecule has 0 unspecified atom stereocenters. The minimum absolute atomic E-state index is 0.103. The van der Waals surface area contributed by atoms with E-state index in [9.17, 15) is 4.79 Å². The lowest BCUT2D eigenvalue weighted by atomic mass is 10.3. The summed E-state index contributed by atoms with van der Waals surface area (Å²) in [4.78, 5) is 13.6. The highest BCUT2D eigenvalue weighted by molar-refractivity contribution is 5.92.